The van der Waals surface area contributed by atoms with Crippen molar-refractivity contribution in [2.45, 2.75) is 44.7 Å². The van der Waals surface area contributed by atoms with Crippen molar-refractivity contribution in [1.82, 2.24) is 0 Å². The minimum Gasteiger partial charge on any atom is -0.166 e. The molecule has 1 nitrogen and oxygen atoms in total. The third-order valence-electron chi connectivity index (χ3n) is 2.87. The highest BCUT2D eigenvalue weighted by Crippen LogP contribution is 2.35. The average molecular weight is 241 g/mol. The van der Waals surface area contributed by atoms with E-state index in [2.05, 4.69) is 0 Å². The van der Waals surface area contributed by atoms with Crippen LogP contribution in [-0.2, 0) is 4.57 Å². The third-order valence-corrected chi connectivity index (χ3v) is 4.34. The lowest BCUT2D eigenvalue weighted by molar-refractivity contribution is -0.106. The molecule has 1 aliphatic rings. The van der Waals surface area contributed by atoms with Crippen LogP contribution in [0, 0.1) is 5.92 Å². The maximum atomic E-state index is 11.9. The standard InChI is InChI=1S/C10H17F3OP/c11-10(12,13)8-15(14)7-6-9-4-2-1-3-5-9/h9H,1-8H2/q+1. The molecule has 1 fully saturated rings. The van der Waals surface area contributed by atoms with Crippen LogP contribution in [0.5, 0.6) is 0 Å². The van der Waals surface area contributed by atoms with Crippen LogP contribution in [0.15, 0.2) is 0 Å². The zero-order valence-corrected chi connectivity index (χ0v) is 9.62. The smallest absolute Gasteiger partial charge is 0.166 e. The first-order valence-electron chi connectivity index (χ1n) is 5.46. The summed E-state index contributed by atoms with van der Waals surface area (Å²) in [5, 5.41) is 0. The monoisotopic (exact) mass is 241 g/mol. The summed E-state index contributed by atoms with van der Waals surface area (Å²) in [6.45, 7) is 0. The Bertz CT molecular complexity index is 209. The summed E-state index contributed by atoms with van der Waals surface area (Å²) in [6.07, 6.45) is 1.41. The Labute approximate surface area is 89.2 Å². The molecule has 1 aliphatic carbocycles. The van der Waals surface area contributed by atoms with Crippen molar-refractivity contribution >= 4 is 7.80 Å². The molecule has 0 bridgehead atoms. The Hall–Kier alpha value is -0.110. The first kappa shape index (κ1) is 13.0. The molecule has 0 aromatic heterocycles. The zero-order chi connectivity index (χ0) is 11.3. The lowest BCUT2D eigenvalue weighted by Gasteiger charge is -2.19. The molecule has 5 heteroatoms. The molecule has 1 unspecified atom stereocenters. The van der Waals surface area contributed by atoms with Gasteiger partial charge in [0.2, 0.25) is 6.16 Å². The first-order chi connectivity index (χ1) is 6.97. The lowest BCUT2D eigenvalue weighted by Crippen LogP contribution is -2.13. The normalized spacial score (nSPS) is 20.3. The van der Waals surface area contributed by atoms with Crippen LogP contribution in [0.1, 0.15) is 38.5 Å². The van der Waals surface area contributed by atoms with Gasteiger partial charge in [-0.2, -0.15) is 13.2 Å². The van der Waals surface area contributed by atoms with Crippen LogP contribution < -0.4 is 0 Å². The summed E-state index contributed by atoms with van der Waals surface area (Å²) in [6, 6.07) is 0. The van der Waals surface area contributed by atoms with Gasteiger partial charge in [-0.3, -0.25) is 0 Å². The first-order valence-corrected chi connectivity index (χ1v) is 7.09. The minimum atomic E-state index is -4.26. The summed E-state index contributed by atoms with van der Waals surface area (Å²) in [5.74, 6) is 0.519. The van der Waals surface area contributed by atoms with E-state index in [9.17, 15) is 17.7 Å². The molecular weight excluding hydrogens is 224 g/mol. The molecule has 0 aromatic carbocycles. The maximum Gasteiger partial charge on any atom is 0.432 e. The van der Waals surface area contributed by atoms with Crippen molar-refractivity contribution in [3.05, 3.63) is 0 Å². The lowest BCUT2D eigenvalue weighted by atomic mass is 9.88. The number of alkyl halides is 3. The summed E-state index contributed by atoms with van der Waals surface area (Å²) >= 11 is 0. The Morgan fingerprint density at radius 1 is 1.13 bits per heavy atom. The van der Waals surface area contributed by atoms with E-state index >= 15 is 0 Å². The predicted molar refractivity (Wildman–Crippen MR) is 54.6 cm³/mol. The van der Waals surface area contributed by atoms with E-state index in [0.717, 1.165) is 12.8 Å². The van der Waals surface area contributed by atoms with Crippen LogP contribution in [0.2, 0.25) is 0 Å². The van der Waals surface area contributed by atoms with Gasteiger partial charge in [0.25, 0.3) is 0 Å². The quantitative estimate of drug-likeness (QED) is 0.669. The highest BCUT2D eigenvalue weighted by atomic mass is 31.1. The largest absolute Gasteiger partial charge is 0.432 e. The second kappa shape index (κ2) is 5.83. The summed E-state index contributed by atoms with van der Waals surface area (Å²) < 4.78 is 46.8. The predicted octanol–water partition coefficient (Wildman–Crippen LogP) is 4.35. The number of halogens is 3. The highest BCUT2D eigenvalue weighted by molar-refractivity contribution is 7.44. The molecular formula is C10H17F3OP+. The Morgan fingerprint density at radius 2 is 1.73 bits per heavy atom. The Kier molecular flexibility index (Phi) is 5.04. The van der Waals surface area contributed by atoms with E-state index in [1.807, 2.05) is 0 Å². The van der Waals surface area contributed by atoms with Crippen molar-refractivity contribution < 1.29 is 17.7 Å². The molecule has 0 N–H and O–H groups in total. The maximum absolute atomic E-state index is 11.9. The molecule has 0 aliphatic heterocycles. The second-order valence-electron chi connectivity index (χ2n) is 4.27. The van der Waals surface area contributed by atoms with Crippen molar-refractivity contribution in [3.63, 3.8) is 0 Å². The number of hydrogen-bond donors (Lipinski definition) is 0. The van der Waals surface area contributed by atoms with Crippen LogP contribution >= 0.6 is 7.80 Å². The van der Waals surface area contributed by atoms with Gasteiger partial charge >= 0.3 is 14.0 Å². The van der Waals surface area contributed by atoms with E-state index in [4.69, 9.17) is 0 Å². The van der Waals surface area contributed by atoms with Gasteiger partial charge in [0.1, 0.15) is 6.16 Å². The molecule has 0 saturated heterocycles. The van der Waals surface area contributed by atoms with E-state index in [1.54, 1.807) is 0 Å². The molecule has 1 atom stereocenters. The summed E-state index contributed by atoms with van der Waals surface area (Å²) in [4.78, 5) is 0. The third kappa shape index (κ3) is 6.14. The van der Waals surface area contributed by atoms with E-state index in [1.165, 1.54) is 19.3 Å². The summed E-state index contributed by atoms with van der Waals surface area (Å²) in [5.41, 5.74) is 0. The van der Waals surface area contributed by atoms with Gasteiger partial charge in [0.05, 0.1) is 0 Å². The van der Waals surface area contributed by atoms with Gasteiger partial charge in [-0.25, -0.2) is 0 Å². The minimum absolute atomic E-state index is 0.250. The molecule has 15 heavy (non-hydrogen) atoms. The Morgan fingerprint density at radius 3 is 2.27 bits per heavy atom. The Balaban J connectivity index is 2.15. The van der Waals surface area contributed by atoms with Crippen molar-refractivity contribution in [1.29, 1.82) is 0 Å². The molecule has 88 valence electrons. The van der Waals surface area contributed by atoms with Gasteiger partial charge in [0.15, 0.2) is 0 Å². The average Bonchev–Trinajstić information content (AvgIpc) is 2.14. The summed E-state index contributed by atoms with van der Waals surface area (Å²) in [7, 11) is -2.07. The topological polar surface area (TPSA) is 17.1 Å². The molecule has 1 saturated carbocycles. The highest BCUT2D eigenvalue weighted by Gasteiger charge is 2.38. The van der Waals surface area contributed by atoms with E-state index in [0.29, 0.717) is 12.3 Å². The number of rotatable bonds is 4. The zero-order valence-electron chi connectivity index (χ0n) is 8.72. The van der Waals surface area contributed by atoms with Gasteiger partial charge < -0.3 is 0 Å². The van der Waals surface area contributed by atoms with Crippen LogP contribution in [0.3, 0.4) is 0 Å². The van der Waals surface area contributed by atoms with Crippen molar-refractivity contribution in [2.75, 3.05) is 12.3 Å². The van der Waals surface area contributed by atoms with Crippen LogP contribution in [-0.4, -0.2) is 18.5 Å². The van der Waals surface area contributed by atoms with Gasteiger partial charge in [-0.05, 0) is 12.3 Å². The van der Waals surface area contributed by atoms with E-state index in [-0.39, 0.29) is 6.16 Å². The van der Waals surface area contributed by atoms with Crippen molar-refractivity contribution in [3.8, 4) is 0 Å². The fourth-order valence-electron chi connectivity index (χ4n) is 2.08. The van der Waals surface area contributed by atoms with Crippen molar-refractivity contribution in [2.24, 2.45) is 5.92 Å². The second-order valence-corrected chi connectivity index (χ2v) is 6.00. The van der Waals surface area contributed by atoms with Gasteiger partial charge in [0, 0.05) is 0 Å². The molecule has 0 amide bonds. The fraction of sp³-hybridized carbons (Fsp3) is 1.00. The molecule has 0 aromatic rings. The SMILES string of the molecule is O=[P+](CCC1CCCCC1)CC(F)(F)F. The van der Waals surface area contributed by atoms with E-state index < -0.39 is 20.1 Å². The molecule has 0 spiro atoms. The molecule has 0 radical (unpaired) electrons. The van der Waals surface area contributed by atoms with Gasteiger partial charge in [-0.1, -0.05) is 36.7 Å². The number of hydrogen-bond acceptors (Lipinski definition) is 1. The molecule has 0 heterocycles. The van der Waals surface area contributed by atoms with Crippen LogP contribution in [0.4, 0.5) is 13.2 Å². The molecule has 1 rings (SSSR count). The van der Waals surface area contributed by atoms with Gasteiger partial charge in [-0.15, -0.1) is 0 Å². The fourth-order valence-corrected chi connectivity index (χ4v) is 3.29. The van der Waals surface area contributed by atoms with Crippen LogP contribution in [0.25, 0.3) is 0 Å².